The molecule has 1 aromatic carbocycles. The van der Waals surface area contributed by atoms with Crippen molar-refractivity contribution in [3.8, 4) is 5.75 Å². The summed E-state index contributed by atoms with van der Waals surface area (Å²) in [6.07, 6.45) is 0. The molecular formula is C16H19NO3S. The van der Waals surface area contributed by atoms with Crippen LogP contribution in [0.4, 0.5) is 0 Å². The maximum atomic E-state index is 11.8. The highest BCUT2D eigenvalue weighted by Gasteiger charge is 2.16. The lowest BCUT2D eigenvalue weighted by molar-refractivity contribution is 0.0531. The van der Waals surface area contributed by atoms with E-state index < -0.39 is 0 Å². The molecule has 0 aliphatic carbocycles. The highest BCUT2D eigenvalue weighted by molar-refractivity contribution is 7.13. The second kappa shape index (κ2) is 6.72. The van der Waals surface area contributed by atoms with E-state index >= 15 is 0 Å². The van der Waals surface area contributed by atoms with E-state index in [1.54, 1.807) is 6.92 Å². The van der Waals surface area contributed by atoms with E-state index in [0.717, 1.165) is 16.3 Å². The van der Waals surface area contributed by atoms with Crippen molar-refractivity contribution >= 4 is 17.3 Å². The largest absolute Gasteiger partial charge is 0.486 e. The highest BCUT2D eigenvalue weighted by atomic mass is 32.1. The fourth-order valence-corrected chi connectivity index (χ4v) is 2.87. The monoisotopic (exact) mass is 305 g/mol. The molecule has 0 spiro atoms. The first-order valence-corrected chi connectivity index (χ1v) is 7.66. The van der Waals surface area contributed by atoms with Gasteiger partial charge in [-0.15, -0.1) is 11.3 Å². The van der Waals surface area contributed by atoms with Crippen molar-refractivity contribution < 1.29 is 14.3 Å². The fourth-order valence-electron chi connectivity index (χ4n) is 2.00. The molecule has 2 aromatic rings. The van der Waals surface area contributed by atoms with E-state index in [9.17, 15) is 4.79 Å². The molecule has 0 bridgehead atoms. The van der Waals surface area contributed by atoms with Gasteiger partial charge in [0.2, 0.25) is 0 Å². The molecule has 0 radical (unpaired) electrons. The average Bonchev–Trinajstić information content (AvgIpc) is 2.79. The zero-order chi connectivity index (χ0) is 15.4. The molecule has 0 unspecified atom stereocenters. The topological polar surface area (TPSA) is 48.4 Å². The van der Waals surface area contributed by atoms with Crippen LogP contribution in [-0.4, -0.2) is 17.6 Å². The Hall–Kier alpha value is -1.88. The van der Waals surface area contributed by atoms with Crippen molar-refractivity contribution in [3.05, 3.63) is 44.9 Å². The van der Waals surface area contributed by atoms with Crippen LogP contribution < -0.4 is 4.74 Å². The molecular weight excluding hydrogens is 286 g/mol. The van der Waals surface area contributed by atoms with Crippen LogP contribution in [-0.2, 0) is 11.3 Å². The molecule has 1 heterocycles. The predicted molar refractivity (Wildman–Crippen MR) is 83.1 cm³/mol. The average molecular weight is 305 g/mol. The number of carbonyl (C=O) groups excluding carboxylic acids is 1. The van der Waals surface area contributed by atoms with Gasteiger partial charge < -0.3 is 9.47 Å². The summed E-state index contributed by atoms with van der Waals surface area (Å²) in [4.78, 5) is 16.7. The number of aromatic nitrogens is 1. The molecule has 1 aromatic heterocycles. The highest BCUT2D eigenvalue weighted by Crippen LogP contribution is 2.23. The number of esters is 1. The molecule has 112 valence electrons. The number of carbonyl (C=O) groups is 1. The maximum absolute atomic E-state index is 11.8. The Bertz CT molecular complexity index is 649. The lowest BCUT2D eigenvalue weighted by Gasteiger charge is -2.07. The zero-order valence-electron chi connectivity index (χ0n) is 12.7. The summed E-state index contributed by atoms with van der Waals surface area (Å²) < 4.78 is 10.8. The minimum absolute atomic E-state index is 0.315. The second-order valence-electron chi connectivity index (χ2n) is 4.80. The third kappa shape index (κ3) is 3.82. The van der Waals surface area contributed by atoms with E-state index in [-0.39, 0.29) is 5.97 Å². The van der Waals surface area contributed by atoms with Crippen LogP contribution in [0, 0.1) is 20.8 Å². The molecule has 0 aliphatic heterocycles. The number of thiazole rings is 1. The van der Waals surface area contributed by atoms with Crippen molar-refractivity contribution in [2.45, 2.75) is 34.3 Å². The maximum Gasteiger partial charge on any atom is 0.350 e. The first-order valence-electron chi connectivity index (χ1n) is 6.84. The third-order valence-electron chi connectivity index (χ3n) is 2.98. The minimum Gasteiger partial charge on any atom is -0.486 e. The van der Waals surface area contributed by atoms with Gasteiger partial charge in [-0.2, -0.15) is 0 Å². The Balaban J connectivity index is 2.07. The normalized spacial score (nSPS) is 10.5. The molecule has 5 heteroatoms. The molecule has 0 saturated carbocycles. The molecule has 0 fully saturated rings. The Morgan fingerprint density at radius 3 is 2.71 bits per heavy atom. The summed E-state index contributed by atoms with van der Waals surface area (Å²) >= 11 is 1.33. The first-order chi connectivity index (χ1) is 10.0. The molecule has 0 N–H and O–H groups in total. The number of ether oxygens (including phenoxy) is 2. The molecule has 0 aliphatic rings. The van der Waals surface area contributed by atoms with Crippen LogP contribution in [0.2, 0.25) is 0 Å². The number of hydrogen-bond acceptors (Lipinski definition) is 5. The number of aryl methyl sites for hydroxylation is 3. The summed E-state index contributed by atoms with van der Waals surface area (Å²) in [6.45, 7) is 8.38. The Morgan fingerprint density at radius 1 is 1.29 bits per heavy atom. The predicted octanol–water partition coefficient (Wildman–Crippen LogP) is 3.82. The minimum atomic E-state index is -0.315. The lowest BCUT2D eigenvalue weighted by atomic mass is 10.1. The van der Waals surface area contributed by atoms with Gasteiger partial charge in [-0.1, -0.05) is 17.7 Å². The van der Waals surface area contributed by atoms with Crippen LogP contribution in [0.15, 0.2) is 18.2 Å². The van der Waals surface area contributed by atoms with Crippen LogP contribution >= 0.6 is 11.3 Å². The molecule has 21 heavy (non-hydrogen) atoms. The Labute approximate surface area is 128 Å². The smallest absolute Gasteiger partial charge is 0.350 e. The van der Waals surface area contributed by atoms with Gasteiger partial charge in [0.05, 0.1) is 12.3 Å². The molecule has 0 amide bonds. The van der Waals surface area contributed by atoms with E-state index in [1.807, 2.05) is 32.9 Å². The van der Waals surface area contributed by atoms with Gasteiger partial charge in [0, 0.05) is 0 Å². The van der Waals surface area contributed by atoms with Gasteiger partial charge >= 0.3 is 5.97 Å². The molecule has 0 atom stereocenters. The van der Waals surface area contributed by atoms with Gasteiger partial charge in [0.25, 0.3) is 0 Å². The van der Waals surface area contributed by atoms with Gasteiger partial charge in [-0.05, 0) is 39.3 Å². The fraction of sp³-hybridized carbons (Fsp3) is 0.375. The summed E-state index contributed by atoms with van der Waals surface area (Å²) in [6, 6.07) is 6.04. The van der Waals surface area contributed by atoms with Crippen LogP contribution in [0.5, 0.6) is 5.75 Å². The van der Waals surface area contributed by atoms with E-state index in [4.69, 9.17) is 9.47 Å². The van der Waals surface area contributed by atoms with E-state index in [0.29, 0.717) is 23.8 Å². The number of benzene rings is 1. The summed E-state index contributed by atoms with van der Waals surface area (Å²) in [5.41, 5.74) is 2.99. The van der Waals surface area contributed by atoms with E-state index in [1.165, 1.54) is 16.9 Å². The summed E-state index contributed by atoms with van der Waals surface area (Å²) in [5.74, 6) is 0.524. The van der Waals surface area contributed by atoms with Gasteiger partial charge in [0.15, 0.2) is 0 Å². The first kappa shape index (κ1) is 15.5. The van der Waals surface area contributed by atoms with Crippen LogP contribution in [0.25, 0.3) is 0 Å². The SMILES string of the molecule is CCOC(=O)c1sc(COc2ccc(C)cc2C)nc1C. The third-order valence-corrected chi connectivity index (χ3v) is 4.09. The molecule has 4 nitrogen and oxygen atoms in total. The summed E-state index contributed by atoms with van der Waals surface area (Å²) in [5, 5.41) is 0.774. The Morgan fingerprint density at radius 2 is 2.05 bits per heavy atom. The van der Waals surface area contributed by atoms with Crippen molar-refractivity contribution in [1.29, 1.82) is 0 Å². The Kier molecular flexibility index (Phi) is 4.96. The van der Waals surface area contributed by atoms with Crippen molar-refractivity contribution in [1.82, 2.24) is 4.98 Å². The quantitative estimate of drug-likeness (QED) is 0.788. The zero-order valence-corrected chi connectivity index (χ0v) is 13.5. The number of rotatable bonds is 5. The van der Waals surface area contributed by atoms with Crippen molar-refractivity contribution in [2.24, 2.45) is 0 Å². The van der Waals surface area contributed by atoms with Gasteiger partial charge in [-0.3, -0.25) is 0 Å². The summed E-state index contributed by atoms with van der Waals surface area (Å²) in [7, 11) is 0. The number of nitrogens with zero attached hydrogens (tertiary/aromatic N) is 1. The lowest BCUT2D eigenvalue weighted by Crippen LogP contribution is -2.03. The van der Waals surface area contributed by atoms with E-state index in [2.05, 4.69) is 11.1 Å². The van der Waals surface area contributed by atoms with Crippen molar-refractivity contribution in [3.63, 3.8) is 0 Å². The molecule has 0 saturated heterocycles. The second-order valence-corrected chi connectivity index (χ2v) is 5.88. The van der Waals surface area contributed by atoms with Crippen LogP contribution in [0.1, 0.15) is 38.4 Å². The van der Waals surface area contributed by atoms with Gasteiger partial charge in [-0.25, -0.2) is 9.78 Å². The van der Waals surface area contributed by atoms with Crippen molar-refractivity contribution in [2.75, 3.05) is 6.61 Å². The number of hydrogen-bond donors (Lipinski definition) is 0. The molecule has 2 rings (SSSR count). The van der Waals surface area contributed by atoms with Gasteiger partial charge in [0.1, 0.15) is 22.2 Å². The van der Waals surface area contributed by atoms with Crippen LogP contribution in [0.3, 0.4) is 0 Å². The standard InChI is InChI=1S/C16H19NO3S/c1-5-19-16(18)15-12(4)17-14(21-15)9-20-13-7-6-10(2)8-11(13)3/h6-8H,5,9H2,1-4H3.